The maximum Gasteiger partial charge on any atom is 0.224 e. The van der Waals surface area contributed by atoms with Crippen molar-refractivity contribution in [2.75, 3.05) is 37.3 Å². The van der Waals surface area contributed by atoms with Gasteiger partial charge >= 0.3 is 0 Å². The molecule has 1 aromatic carbocycles. The largest absolute Gasteiger partial charge is 0.399 e. The summed E-state index contributed by atoms with van der Waals surface area (Å²) < 4.78 is 0. The van der Waals surface area contributed by atoms with Gasteiger partial charge in [0.05, 0.1) is 0 Å². The second-order valence-corrected chi connectivity index (χ2v) is 5.77. The summed E-state index contributed by atoms with van der Waals surface area (Å²) in [6.07, 6.45) is 3.60. The van der Waals surface area contributed by atoms with Gasteiger partial charge < -0.3 is 21.1 Å². The number of hydrogen-bond acceptors (Lipinski definition) is 4. The number of nitrogens with one attached hydrogen (secondary N) is 1. The van der Waals surface area contributed by atoms with Gasteiger partial charge in [-0.1, -0.05) is 6.07 Å². The van der Waals surface area contributed by atoms with Crippen LogP contribution >= 0.6 is 0 Å². The first-order valence-corrected chi connectivity index (χ1v) is 7.66. The third-order valence-corrected chi connectivity index (χ3v) is 3.91. The summed E-state index contributed by atoms with van der Waals surface area (Å²) in [5.74, 6) is 0.427. The predicted octanol–water partition coefficient (Wildman–Crippen LogP) is 1.69. The zero-order valence-electron chi connectivity index (χ0n) is 12.4. The third kappa shape index (κ3) is 5.36. The molecule has 1 aromatic rings. The maximum atomic E-state index is 11.9. The van der Waals surface area contributed by atoms with E-state index in [1.54, 1.807) is 12.1 Å². The van der Waals surface area contributed by atoms with Crippen molar-refractivity contribution in [3.05, 3.63) is 24.3 Å². The Morgan fingerprint density at radius 3 is 3.10 bits per heavy atom. The van der Waals surface area contributed by atoms with Crippen LogP contribution in [0.3, 0.4) is 0 Å². The van der Waals surface area contributed by atoms with Gasteiger partial charge in [-0.2, -0.15) is 0 Å². The smallest absolute Gasteiger partial charge is 0.224 e. The minimum atomic E-state index is 0.0244. The van der Waals surface area contributed by atoms with E-state index in [2.05, 4.69) is 10.2 Å². The molecule has 5 heteroatoms. The Hall–Kier alpha value is -1.59. The fourth-order valence-electron chi connectivity index (χ4n) is 2.81. The average Bonchev–Trinajstić information content (AvgIpc) is 2.47. The van der Waals surface area contributed by atoms with E-state index in [0.717, 1.165) is 44.6 Å². The van der Waals surface area contributed by atoms with Crippen molar-refractivity contribution in [2.45, 2.75) is 25.7 Å². The highest BCUT2D eigenvalue weighted by Crippen LogP contribution is 2.16. The number of nitrogens with two attached hydrogens (primary N) is 1. The summed E-state index contributed by atoms with van der Waals surface area (Å²) >= 11 is 0. The molecule has 1 amide bonds. The van der Waals surface area contributed by atoms with Crippen LogP contribution in [0.15, 0.2) is 24.3 Å². The van der Waals surface area contributed by atoms with E-state index in [1.165, 1.54) is 0 Å². The number of likely N-dealkylation sites (tertiary alicyclic amines) is 1. The molecule has 4 N–H and O–H groups in total. The lowest BCUT2D eigenvalue weighted by molar-refractivity contribution is -0.116. The maximum absolute atomic E-state index is 11.9. The molecule has 0 aliphatic carbocycles. The molecular weight excluding hydrogens is 266 g/mol. The topological polar surface area (TPSA) is 78.6 Å². The first kappa shape index (κ1) is 15.8. The van der Waals surface area contributed by atoms with Crippen LogP contribution in [0.1, 0.15) is 25.7 Å². The highest BCUT2D eigenvalue weighted by Gasteiger charge is 2.18. The lowest BCUT2D eigenvalue weighted by Gasteiger charge is -2.31. The molecule has 0 saturated carbocycles. The molecule has 1 fully saturated rings. The molecule has 116 valence electrons. The number of amides is 1. The zero-order chi connectivity index (χ0) is 15.1. The van der Waals surface area contributed by atoms with E-state index in [-0.39, 0.29) is 12.5 Å². The van der Waals surface area contributed by atoms with Gasteiger partial charge in [-0.15, -0.1) is 0 Å². The van der Waals surface area contributed by atoms with Gasteiger partial charge in [0.2, 0.25) is 5.91 Å². The SMILES string of the molecule is Nc1cccc(NC(=O)CCCN2CCCC(CO)C2)c1. The summed E-state index contributed by atoms with van der Waals surface area (Å²) in [7, 11) is 0. The van der Waals surface area contributed by atoms with Crippen molar-refractivity contribution in [3.63, 3.8) is 0 Å². The summed E-state index contributed by atoms with van der Waals surface area (Å²) in [6.45, 7) is 3.22. The summed E-state index contributed by atoms with van der Waals surface area (Å²) in [5.41, 5.74) is 7.08. The molecule has 0 radical (unpaired) electrons. The van der Waals surface area contributed by atoms with Crippen LogP contribution in [0.4, 0.5) is 11.4 Å². The summed E-state index contributed by atoms with van der Waals surface area (Å²) in [5, 5.41) is 12.1. The molecule has 21 heavy (non-hydrogen) atoms. The quantitative estimate of drug-likeness (QED) is 0.697. The molecule has 0 spiro atoms. The van der Waals surface area contributed by atoms with Crippen molar-refractivity contribution >= 4 is 17.3 Å². The van der Waals surface area contributed by atoms with Gasteiger partial charge in [0.15, 0.2) is 0 Å². The lowest BCUT2D eigenvalue weighted by Crippen LogP contribution is -2.37. The zero-order valence-corrected chi connectivity index (χ0v) is 12.4. The lowest BCUT2D eigenvalue weighted by atomic mass is 9.99. The Bertz CT molecular complexity index is 465. The fraction of sp³-hybridized carbons (Fsp3) is 0.562. The number of piperidine rings is 1. The Labute approximate surface area is 126 Å². The highest BCUT2D eigenvalue weighted by atomic mass is 16.3. The number of aliphatic hydroxyl groups excluding tert-OH is 1. The van der Waals surface area contributed by atoms with Crippen LogP contribution < -0.4 is 11.1 Å². The van der Waals surface area contributed by atoms with E-state index in [0.29, 0.717) is 18.0 Å². The molecule has 1 heterocycles. The number of carbonyl (C=O) groups excluding carboxylic acids is 1. The molecule has 1 saturated heterocycles. The number of benzene rings is 1. The second kappa shape index (κ2) is 8.00. The van der Waals surface area contributed by atoms with Crippen LogP contribution in [0.5, 0.6) is 0 Å². The Morgan fingerprint density at radius 2 is 2.33 bits per heavy atom. The first-order chi connectivity index (χ1) is 10.2. The molecule has 1 unspecified atom stereocenters. The number of nitrogen functional groups attached to an aromatic ring is 1. The van der Waals surface area contributed by atoms with Gasteiger partial charge in [-0.25, -0.2) is 0 Å². The Morgan fingerprint density at radius 1 is 1.48 bits per heavy atom. The summed E-state index contributed by atoms with van der Waals surface area (Å²) in [6, 6.07) is 7.22. The van der Waals surface area contributed by atoms with Gasteiger partial charge in [0, 0.05) is 30.9 Å². The van der Waals surface area contributed by atoms with E-state index in [9.17, 15) is 9.90 Å². The van der Waals surface area contributed by atoms with Crippen molar-refractivity contribution in [1.29, 1.82) is 0 Å². The average molecular weight is 291 g/mol. The predicted molar refractivity (Wildman–Crippen MR) is 85.0 cm³/mol. The summed E-state index contributed by atoms with van der Waals surface area (Å²) in [4.78, 5) is 14.2. The molecule has 2 rings (SSSR count). The van der Waals surface area contributed by atoms with Gasteiger partial charge in [-0.05, 0) is 56.5 Å². The van der Waals surface area contributed by atoms with Gasteiger partial charge in [0.1, 0.15) is 0 Å². The van der Waals surface area contributed by atoms with Crippen LogP contribution in [0, 0.1) is 5.92 Å². The normalized spacial score (nSPS) is 19.4. The molecular formula is C16H25N3O2. The second-order valence-electron chi connectivity index (χ2n) is 5.77. The number of rotatable bonds is 6. The van der Waals surface area contributed by atoms with Crippen LogP contribution in [-0.2, 0) is 4.79 Å². The minimum Gasteiger partial charge on any atom is -0.399 e. The molecule has 0 aromatic heterocycles. The van der Waals surface area contributed by atoms with Gasteiger partial charge in [0.25, 0.3) is 0 Å². The van der Waals surface area contributed by atoms with Crippen LogP contribution in [0.2, 0.25) is 0 Å². The van der Waals surface area contributed by atoms with Crippen molar-refractivity contribution in [1.82, 2.24) is 4.90 Å². The Balaban J connectivity index is 1.67. The molecule has 1 atom stereocenters. The number of carbonyl (C=O) groups is 1. The molecule has 1 aliphatic heterocycles. The highest BCUT2D eigenvalue weighted by molar-refractivity contribution is 5.91. The first-order valence-electron chi connectivity index (χ1n) is 7.66. The van der Waals surface area contributed by atoms with E-state index in [4.69, 9.17) is 5.73 Å². The van der Waals surface area contributed by atoms with E-state index in [1.807, 2.05) is 12.1 Å². The fourth-order valence-corrected chi connectivity index (χ4v) is 2.81. The number of hydrogen-bond donors (Lipinski definition) is 3. The Kier molecular flexibility index (Phi) is 6.02. The van der Waals surface area contributed by atoms with Crippen LogP contribution in [0.25, 0.3) is 0 Å². The monoisotopic (exact) mass is 291 g/mol. The number of nitrogens with zero attached hydrogens (tertiary/aromatic N) is 1. The van der Waals surface area contributed by atoms with Crippen molar-refractivity contribution < 1.29 is 9.90 Å². The number of aliphatic hydroxyl groups is 1. The van der Waals surface area contributed by atoms with E-state index >= 15 is 0 Å². The van der Waals surface area contributed by atoms with Crippen LogP contribution in [-0.4, -0.2) is 42.2 Å². The third-order valence-electron chi connectivity index (χ3n) is 3.91. The van der Waals surface area contributed by atoms with Gasteiger partial charge in [-0.3, -0.25) is 4.79 Å². The molecule has 1 aliphatic rings. The standard InChI is InChI=1S/C16H25N3O2/c17-14-5-1-6-15(10-14)18-16(21)7-3-9-19-8-2-4-13(11-19)12-20/h1,5-6,10,13,20H,2-4,7-9,11-12,17H2,(H,18,21). The van der Waals surface area contributed by atoms with Crippen molar-refractivity contribution in [3.8, 4) is 0 Å². The van der Waals surface area contributed by atoms with Crippen molar-refractivity contribution in [2.24, 2.45) is 5.92 Å². The molecule has 5 nitrogen and oxygen atoms in total. The molecule has 0 bridgehead atoms. The van der Waals surface area contributed by atoms with E-state index < -0.39 is 0 Å². The minimum absolute atomic E-state index is 0.0244. The number of anilines is 2.